The lowest BCUT2D eigenvalue weighted by atomic mass is 10.1. The fourth-order valence-corrected chi connectivity index (χ4v) is 5.34. The van der Waals surface area contributed by atoms with Crippen LogP contribution in [0.1, 0.15) is 41.3 Å². The summed E-state index contributed by atoms with van der Waals surface area (Å²) in [6.07, 6.45) is 5.20. The molecule has 2 aromatic carbocycles. The first-order valence-electron chi connectivity index (χ1n) is 11.6. The quantitative estimate of drug-likeness (QED) is 0.460. The number of ether oxygens (including phenoxy) is 2. The van der Waals surface area contributed by atoms with Crippen molar-refractivity contribution in [3.05, 3.63) is 83.7 Å². The molecule has 4 rings (SSSR count). The van der Waals surface area contributed by atoms with Crippen molar-refractivity contribution in [1.29, 1.82) is 0 Å². The molecule has 1 aliphatic heterocycles. The van der Waals surface area contributed by atoms with E-state index in [1.165, 1.54) is 4.31 Å². The normalized spacial score (nSPS) is 14.0. The summed E-state index contributed by atoms with van der Waals surface area (Å²) in [5.41, 5.74) is 2.22. The van der Waals surface area contributed by atoms with Crippen LogP contribution in [0.2, 0.25) is 0 Å². The van der Waals surface area contributed by atoms with Crippen molar-refractivity contribution in [3.8, 4) is 11.5 Å². The fraction of sp³-hybridized carbons (Fsp3) is 0.308. The Morgan fingerprint density at radius 2 is 1.66 bits per heavy atom. The molecule has 0 saturated carbocycles. The van der Waals surface area contributed by atoms with Crippen LogP contribution in [0.25, 0.3) is 0 Å². The summed E-state index contributed by atoms with van der Waals surface area (Å²) >= 11 is 0. The number of hydrogen-bond donors (Lipinski definition) is 1. The number of rotatable bonds is 10. The molecule has 2 heterocycles. The number of amides is 1. The number of carbonyl (C=O) groups is 1. The molecule has 0 aliphatic carbocycles. The zero-order valence-corrected chi connectivity index (χ0v) is 20.5. The smallest absolute Gasteiger partial charge is 0.251 e. The minimum Gasteiger partial charge on any atom is -0.490 e. The zero-order valence-electron chi connectivity index (χ0n) is 19.6. The van der Waals surface area contributed by atoms with Gasteiger partial charge >= 0.3 is 0 Å². The summed E-state index contributed by atoms with van der Waals surface area (Å²) in [7, 11) is -3.45. The minimum atomic E-state index is -3.45. The van der Waals surface area contributed by atoms with Gasteiger partial charge in [-0.15, -0.1) is 0 Å². The topological polar surface area (TPSA) is 97.8 Å². The molecule has 0 radical (unpaired) electrons. The van der Waals surface area contributed by atoms with Crippen molar-refractivity contribution in [2.75, 3.05) is 19.7 Å². The minimum absolute atomic E-state index is 0.264. The number of carbonyl (C=O) groups excluding carboxylic acids is 1. The average molecular weight is 496 g/mol. The van der Waals surface area contributed by atoms with Crippen LogP contribution in [-0.2, 0) is 23.2 Å². The predicted octanol–water partition coefficient (Wildman–Crippen LogP) is 3.77. The Bertz CT molecular complexity index is 1240. The van der Waals surface area contributed by atoms with Crippen LogP contribution in [0.5, 0.6) is 11.5 Å². The van der Waals surface area contributed by atoms with Crippen molar-refractivity contribution in [3.63, 3.8) is 0 Å². The van der Waals surface area contributed by atoms with E-state index in [0.29, 0.717) is 43.4 Å². The molecule has 8 nitrogen and oxygen atoms in total. The molecule has 1 aliphatic rings. The molecular weight excluding hydrogens is 466 g/mol. The third-order valence-electron chi connectivity index (χ3n) is 5.73. The summed E-state index contributed by atoms with van der Waals surface area (Å²) in [4.78, 5) is 17.0. The molecule has 184 valence electrons. The van der Waals surface area contributed by atoms with Gasteiger partial charge in [-0.05, 0) is 73.4 Å². The monoisotopic (exact) mass is 495 g/mol. The van der Waals surface area contributed by atoms with Gasteiger partial charge in [-0.3, -0.25) is 9.78 Å². The molecule has 3 aromatic rings. The van der Waals surface area contributed by atoms with Gasteiger partial charge in [0.05, 0.1) is 11.5 Å². The first kappa shape index (κ1) is 24.7. The molecule has 1 saturated heterocycles. The maximum absolute atomic E-state index is 12.7. The first-order chi connectivity index (χ1) is 17.0. The van der Waals surface area contributed by atoms with E-state index in [9.17, 15) is 13.2 Å². The Balaban J connectivity index is 1.38. The third kappa shape index (κ3) is 6.17. The Morgan fingerprint density at radius 3 is 2.34 bits per heavy atom. The number of sulfonamides is 1. The van der Waals surface area contributed by atoms with Gasteiger partial charge in [-0.2, -0.15) is 4.31 Å². The molecule has 9 heteroatoms. The lowest BCUT2D eigenvalue weighted by Crippen LogP contribution is -2.28. The highest BCUT2D eigenvalue weighted by atomic mass is 32.2. The molecule has 1 amide bonds. The van der Waals surface area contributed by atoms with Gasteiger partial charge in [0.1, 0.15) is 6.61 Å². The maximum Gasteiger partial charge on any atom is 0.251 e. The standard InChI is InChI=1S/C26H29N3O5S/c1-2-33-25-17-22(7-10-24(25)34-19-21-11-13-27-14-12-21)26(30)28-18-20-5-8-23(9-6-20)35(31,32)29-15-3-4-16-29/h5-14,17H,2-4,15-16,18-19H2,1H3,(H,28,30). The van der Waals surface area contributed by atoms with Crippen LogP contribution in [0.4, 0.5) is 0 Å². The molecule has 1 N–H and O–H groups in total. The van der Waals surface area contributed by atoms with E-state index in [4.69, 9.17) is 9.47 Å². The highest BCUT2D eigenvalue weighted by Crippen LogP contribution is 2.29. The molecule has 0 bridgehead atoms. The fourth-order valence-electron chi connectivity index (χ4n) is 3.82. The summed E-state index contributed by atoms with van der Waals surface area (Å²) in [5, 5.41) is 2.87. The number of nitrogens with one attached hydrogen (secondary N) is 1. The van der Waals surface area contributed by atoms with E-state index in [0.717, 1.165) is 24.0 Å². The van der Waals surface area contributed by atoms with Crippen LogP contribution in [-0.4, -0.2) is 43.3 Å². The van der Waals surface area contributed by atoms with Gasteiger partial charge in [-0.25, -0.2) is 8.42 Å². The summed E-state index contributed by atoms with van der Waals surface area (Å²) in [5.74, 6) is 0.779. The maximum atomic E-state index is 12.7. The molecular formula is C26H29N3O5S. The van der Waals surface area contributed by atoms with E-state index >= 15 is 0 Å². The van der Waals surface area contributed by atoms with Gasteiger partial charge in [-0.1, -0.05) is 12.1 Å². The summed E-state index contributed by atoms with van der Waals surface area (Å²) < 4.78 is 38.4. The van der Waals surface area contributed by atoms with Crippen LogP contribution in [0, 0.1) is 0 Å². The van der Waals surface area contributed by atoms with Crippen molar-refractivity contribution in [2.45, 2.75) is 37.8 Å². The van der Waals surface area contributed by atoms with Crippen LogP contribution >= 0.6 is 0 Å². The molecule has 1 fully saturated rings. The highest BCUT2D eigenvalue weighted by Gasteiger charge is 2.26. The van der Waals surface area contributed by atoms with Crippen molar-refractivity contribution in [2.24, 2.45) is 0 Å². The Morgan fingerprint density at radius 1 is 0.943 bits per heavy atom. The van der Waals surface area contributed by atoms with Crippen molar-refractivity contribution < 1.29 is 22.7 Å². The molecule has 0 spiro atoms. The molecule has 0 unspecified atom stereocenters. The van der Waals surface area contributed by atoms with E-state index in [-0.39, 0.29) is 17.3 Å². The second kappa shape index (κ2) is 11.3. The summed E-state index contributed by atoms with van der Waals surface area (Å²) in [6, 6.07) is 15.5. The number of hydrogen-bond acceptors (Lipinski definition) is 6. The Hall–Kier alpha value is -3.43. The summed E-state index contributed by atoms with van der Waals surface area (Å²) in [6.45, 7) is 4.07. The predicted molar refractivity (Wildman–Crippen MR) is 132 cm³/mol. The van der Waals surface area contributed by atoms with Gasteiger partial charge < -0.3 is 14.8 Å². The third-order valence-corrected chi connectivity index (χ3v) is 7.64. The second-order valence-corrected chi connectivity index (χ2v) is 10.1. The zero-order chi connectivity index (χ0) is 24.7. The largest absolute Gasteiger partial charge is 0.490 e. The Labute approximate surface area is 206 Å². The molecule has 0 atom stereocenters. The number of pyridine rings is 1. The second-order valence-electron chi connectivity index (χ2n) is 8.18. The lowest BCUT2D eigenvalue weighted by molar-refractivity contribution is 0.0950. The average Bonchev–Trinajstić information content (AvgIpc) is 3.44. The van der Waals surface area contributed by atoms with Gasteiger partial charge in [0.25, 0.3) is 5.91 Å². The van der Waals surface area contributed by atoms with Crippen LogP contribution in [0.3, 0.4) is 0 Å². The van der Waals surface area contributed by atoms with Crippen LogP contribution in [0.15, 0.2) is 71.9 Å². The number of aromatic nitrogens is 1. The van der Waals surface area contributed by atoms with Gasteiger partial charge in [0.15, 0.2) is 11.5 Å². The van der Waals surface area contributed by atoms with Crippen molar-refractivity contribution >= 4 is 15.9 Å². The van der Waals surface area contributed by atoms with E-state index < -0.39 is 10.0 Å². The Kier molecular flexibility index (Phi) is 7.99. The highest BCUT2D eigenvalue weighted by molar-refractivity contribution is 7.89. The molecule has 35 heavy (non-hydrogen) atoms. The van der Waals surface area contributed by atoms with Crippen molar-refractivity contribution in [1.82, 2.24) is 14.6 Å². The first-order valence-corrected chi connectivity index (χ1v) is 13.1. The van der Waals surface area contributed by atoms with Gasteiger partial charge in [0, 0.05) is 37.6 Å². The van der Waals surface area contributed by atoms with E-state index in [2.05, 4.69) is 10.3 Å². The number of nitrogens with zero attached hydrogens (tertiary/aromatic N) is 2. The van der Waals surface area contributed by atoms with E-state index in [1.54, 1.807) is 54.9 Å². The SMILES string of the molecule is CCOc1cc(C(=O)NCc2ccc(S(=O)(=O)N3CCCC3)cc2)ccc1OCc1ccncc1. The van der Waals surface area contributed by atoms with Gasteiger partial charge in [0.2, 0.25) is 10.0 Å². The van der Waals surface area contributed by atoms with Crippen LogP contribution < -0.4 is 14.8 Å². The number of benzene rings is 2. The van der Waals surface area contributed by atoms with E-state index in [1.807, 2.05) is 19.1 Å². The lowest BCUT2D eigenvalue weighted by Gasteiger charge is -2.16. The molecule has 1 aromatic heterocycles.